The zero-order chi connectivity index (χ0) is 14.4. The minimum Gasteiger partial charge on any atom is -0.360 e. The molecule has 4 rings (SSSR count). The molecule has 2 heterocycles. The van der Waals surface area contributed by atoms with E-state index >= 15 is 0 Å². The Balaban J connectivity index is 1.73. The van der Waals surface area contributed by atoms with E-state index in [1.807, 2.05) is 17.9 Å². The zero-order valence-corrected chi connectivity index (χ0v) is 11.9. The molecule has 1 aliphatic rings. The van der Waals surface area contributed by atoms with Gasteiger partial charge in [-0.25, -0.2) is 14.1 Å². The van der Waals surface area contributed by atoms with Crippen molar-refractivity contribution in [2.75, 3.05) is 0 Å². The third-order valence-electron chi connectivity index (χ3n) is 4.39. The van der Waals surface area contributed by atoms with E-state index in [2.05, 4.69) is 15.1 Å². The van der Waals surface area contributed by atoms with E-state index in [9.17, 15) is 4.39 Å². The number of fused-ring (bicyclic) bond motifs is 1. The molecule has 1 aromatic carbocycles. The Labute approximate surface area is 122 Å². The van der Waals surface area contributed by atoms with E-state index in [0.29, 0.717) is 0 Å². The molecule has 3 aromatic rings. The molecule has 108 valence electrons. The lowest BCUT2D eigenvalue weighted by molar-refractivity contribution is 0.309. The maximum absolute atomic E-state index is 13.3. The van der Waals surface area contributed by atoms with E-state index in [1.165, 1.54) is 31.4 Å². The highest BCUT2D eigenvalue weighted by molar-refractivity contribution is 5.93. The zero-order valence-electron chi connectivity index (χ0n) is 11.9. The third-order valence-corrected chi connectivity index (χ3v) is 4.39. The SMILES string of the molecule is Cn1nc(CC2CCC2)nc1-c1c[nH]c2cc(F)ccc12. The summed E-state index contributed by atoms with van der Waals surface area (Å²) >= 11 is 0. The summed E-state index contributed by atoms with van der Waals surface area (Å²) in [5.74, 6) is 2.26. The van der Waals surface area contributed by atoms with Crippen LogP contribution in [0.2, 0.25) is 0 Å². The third kappa shape index (κ3) is 2.13. The molecule has 2 aromatic heterocycles. The van der Waals surface area contributed by atoms with Crippen LogP contribution in [0, 0.1) is 11.7 Å². The maximum atomic E-state index is 13.3. The Bertz CT molecular complexity index is 798. The van der Waals surface area contributed by atoms with E-state index < -0.39 is 0 Å². The first kappa shape index (κ1) is 12.6. The summed E-state index contributed by atoms with van der Waals surface area (Å²) in [5, 5.41) is 5.50. The van der Waals surface area contributed by atoms with Crippen LogP contribution in [0.5, 0.6) is 0 Å². The van der Waals surface area contributed by atoms with Crippen molar-refractivity contribution in [3.63, 3.8) is 0 Å². The van der Waals surface area contributed by atoms with Gasteiger partial charge >= 0.3 is 0 Å². The number of nitrogens with zero attached hydrogens (tertiary/aromatic N) is 3. The Morgan fingerprint density at radius 1 is 1.38 bits per heavy atom. The lowest BCUT2D eigenvalue weighted by Crippen LogP contribution is -2.14. The number of H-pyrrole nitrogens is 1. The first-order valence-corrected chi connectivity index (χ1v) is 7.37. The van der Waals surface area contributed by atoms with Crippen LogP contribution in [0.25, 0.3) is 22.3 Å². The van der Waals surface area contributed by atoms with Crippen molar-refractivity contribution in [1.29, 1.82) is 0 Å². The van der Waals surface area contributed by atoms with Gasteiger partial charge in [0.2, 0.25) is 0 Å². The molecule has 0 bridgehead atoms. The van der Waals surface area contributed by atoms with Gasteiger partial charge in [-0.3, -0.25) is 0 Å². The van der Waals surface area contributed by atoms with Crippen molar-refractivity contribution in [1.82, 2.24) is 19.7 Å². The smallest absolute Gasteiger partial charge is 0.160 e. The highest BCUT2D eigenvalue weighted by atomic mass is 19.1. The molecule has 21 heavy (non-hydrogen) atoms. The van der Waals surface area contributed by atoms with Crippen LogP contribution in [-0.4, -0.2) is 19.7 Å². The van der Waals surface area contributed by atoms with Gasteiger partial charge in [-0.1, -0.05) is 19.3 Å². The standard InChI is InChI=1S/C16H17FN4/c1-21-16(19-15(20-21)7-10-3-2-4-10)13-9-18-14-8-11(17)5-6-12(13)14/h5-6,8-10,18H,2-4,7H2,1H3. The van der Waals surface area contributed by atoms with Gasteiger partial charge in [0.25, 0.3) is 0 Å². The minimum absolute atomic E-state index is 0.237. The molecule has 0 spiro atoms. The second-order valence-electron chi connectivity index (χ2n) is 5.87. The largest absolute Gasteiger partial charge is 0.360 e. The lowest BCUT2D eigenvalue weighted by Gasteiger charge is -2.23. The Morgan fingerprint density at radius 2 is 2.24 bits per heavy atom. The maximum Gasteiger partial charge on any atom is 0.160 e. The summed E-state index contributed by atoms with van der Waals surface area (Å²) in [7, 11) is 1.91. The second-order valence-corrected chi connectivity index (χ2v) is 5.87. The fourth-order valence-electron chi connectivity index (χ4n) is 3.00. The average Bonchev–Trinajstić information content (AvgIpc) is 2.97. The molecule has 0 unspecified atom stereocenters. The van der Waals surface area contributed by atoms with Crippen molar-refractivity contribution in [2.45, 2.75) is 25.7 Å². The normalized spacial score (nSPS) is 15.5. The number of rotatable bonds is 3. The second kappa shape index (κ2) is 4.69. The van der Waals surface area contributed by atoms with Crippen molar-refractivity contribution in [2.24, 2.45) is 13.0 Å². The molecule has 1 saturated carbocycles. The van der Waals surface area contributed by atoms with Gasteiger partial charge in [0, 0.05) is 36.1 Å². The van der Waals surface area contributed by atoms with Crippen LogP contribution in [0.3, 0.4) is 0 Å². The van der Waals surface area contributed by atoms with Crippen LogP contribution in [-0.2, 0) is 13.5 Å². The van der Waals surface area contributed by atoms with Gasteiger partial charge in [0.1, 0.15) is 5.82 Å². The number of nitrogens with one attached hydrogen (secondary N) is 1. The van der Waals surface area contributed by atoms with Gasteiger partial charge < -0.3 is 4.98 Å². The van der Waals surface area contributed by atoms with E-state index in [1.54, 1.807) is 6.07 Å². The van der Waals surface area contributed by atoms with Gasteiger partial charge in [-0.05, 0) is 24.1 Å². The molecule has 4 nitrogen and oxygen atoms in total. The summed E-state index contributed by atoms with van der Waals surface area (Å²) in [6.07, 6.45) is 6.75. The Kier molecular flexibility index (Phi) is 2.80. The highest BCUT2D eigenvalue weighted by Gasteiger charge is 2.21. The summed E-state index contributed by atoms with van der Waals surface area (Å²) in [4.78, 5) is 7.79. The van der Waals surface area contributed by atoms with Crippen LogP contribution in [0.1, 0.15) is 25.1 Å². The fourth-order valence-corrected chi connectivity index (χ4v) is 3.00. The molecule has 0 radical (unpaired) electrons. The monoisotopic (exact) mass is 284 g/mol. The molecule has 1 fully saturated rings. The lowest BCUT2D eigenvalue weighted by atomic mass is 9.83. The number of aryl methyl sites for hydroxylation is 1. The number of hydrogen-bond donors (Lipinski definition) is 1. The summed E-state index contributed by atoms with van der Waals surface area (Å²) in [6.45, 7) is 0. The van der Waals surface area contributed by atoms with Gasteiger partial charge in [0.15, 0.2) is 11.6 Å². The number of hydrogen-bond acceptors (Lipinski definition) is 2. The number of aromatic nitrogens is 4. The van der Waals surface area contributed by atoms with Crippen LogP contribution in [0.15, 0.2) is 24.4 Å². The molecular formula is C16H17FN4. The van der Waals surface area contributed by atoms with Crippen molar-refractivity contribution >= 4 is 10.9 Å². The fraction of sp³-hybridized carbons (Fsp3) is 0.375. The molecule has 0 amide bonds. The van der Waals surface area contributed by atoms with Crippen LogP contribution in [0.4, 0.5) is 4.39 Å². The van der Waals surface area contributed by atoms with Gasteiger partial charge in [0.05, 0.1) is 0 Å². The molecule has 0 atom stereocenters. The minimum atomic E-state index is -0.237. The van der Waals surface area contributed by atoms with Crippen molar-refractivity contribution in [3.8, 4) is 11.4 Å². The van der Waals surface area contributed by atoms with E-state index in [4.69, 9.17) is 0 Å². The molecule has 0 saturated heterocycles. The van der Waals surface area contributed by atoms with Crippen LogP contribution >= 0.6 is 0 Å². The van der Waals surface area contributed by atoms with Gasteiger partial charge in [-0.15, -0.1) is 0 Å². The molecular weight excluding hydrogens is 267 g/mol. The summed E-state index contributed by atoms with van der Waals surface area (Å²) < 4.78 is 15.1. The topological polar surface area (TPSA) is 46.5 Å². The average molecular weight is 284 g/mol. The number of benzene rings is 1. The molecule has 1 aliphatic carbocycles. The summed E-state index contributed by atoms with van der Waals surface area (Å²) in [6, 6.07) is 4.77. The first-order valence-electron chi connectivity index (χ1n) is 7.37. The van der Waals surface area contributed by atoms with Crippen molar-refractivity contribution in [3.05, 3.63) is 36.0 Å². The Morgan fingerprint density at radius 3 is 3.00 bits per heavy atom. The summed E-state index contributed by atoms with van der Waals surface area (Å²) in [5.41, 5.74) is 1.76. The molecule has 0 aliphatic heterocycles. The first-order chi connectivity index (χ1) is 10.2. The predicted molar refractivity (Wildman–Crippen MR) is 79.3 cm³/mol. The van der Waals surface area contributed by atoms with Crippen LogP contribution < -0.4 is 0 Å². The van der Waals surface area contributed by atoms with Crippen molar-refractivity contribution < 1.29 is 4.39 Å². The van der Waals surface area contributed by atoms with E-state index in [-0.39, 0.29) is 5.82 Å². The Hall–Kier alpha value is -2.17. The number of halogens is 1. The predicted octanol–water partition coefficient (Wildman–Crippen LogP) is 3.45. The van der Waals surface area contributed by atoms with Gasteiger partial charge in [-0.2, -0.15) is 5.10 Å². The highest BCUT2D eigenvalue weighted by Crippen LogP contribution is 2.31. The molecule has 1 N–H and O–H groups in total. The quantitative estimate of drug-likeness (QED) is 0.800. The molecule has 5 heteroatoms. The van der Waals surface area contributed by atoms with E-state index in [0.717, 1.165) is 40.5 Å². The number of aromatic amines is 1.